The van der Waals surface area contributed by atoms with Gasteiger partial charge in [-0.3, -0.25) is 0 Å². The van der Waals surface area contributed by atoms with E-state index in [1.807, 2.05) is 0 Å². The van der Waals surface area contributed by atoms with Crippen molar-refractivity contribution in [2.75, 3.05) is 5.88 Å². The standard InChI is InChI=1S/C14H19Cl/c1-11-5-6-13(12(2)9-11)14(10-15)7-3-4-8-14/h5-6,9H,3-4,7-8,10H2,1-2H3. The molecule has 15 heavy (non-hydrogen) atoms. The van der Waals surface area contributed by atoms with Crippen LogP contribution in [0.1, 0.15) is 42.4 Å². The summed E-state index contributed by atoms with van der Waals surface area (Å²) < 4.78 is 0. The zero-order valence-electron chi connectivity index (χ0n) is 9.65. The van der Waals surface area contributed by atoms with Crippen molar-refractivity contribution in [1.29, 1.82) is 0 Å². The second-order valence-corrected chi connectivity index (χ2v) is 5.21. The number of hydrogen-bond acceptors (Lipinski definition) is 0. The summed E-state index contributed by atoms with van der Waals surface area (Å²) in [5.74, 6) is 0.775. The summed E-state index contributed by atoms with van der Waals surface area (Å²) in [6.45, 7) is 4.37. The minimum absolute atomic E-state index is 0.277. The lowest BCUT2D eigenvalue weighted by atomic mass is 9.78. The van der Waals surface area contributed by atoms with Gasteiger partial charge in [-0.2, -0.15) is 0 Å². The van der Waals surface area contributed by atoms with Gasteiger partial charge in [0.1, 0.15) is 0 Å². The Bertz CT molecular complexity index is 348. The van der Waals surface area contributed by atoms with Crippen LogP contribution in [-0.2, 0) is 5.41 Å². The quantitative estimate of drug-likeness (QED) is 0.653. The van der Waals surface area contributed by atoms with Crippen LogP contribution in [0.15, 0.2) is 18.2 Å². The summed E-state index contributed by atoms with van der Waals surface area (Å²) >= 11 is 6.21. The minimum atomic E-state index is 0.277. The van der Waals surface area contributed by atoms with Gasteiger partial charge in [-0.15, -0.1) is 11.6 Å². The molecule has 2 rings (SSSR count). The molecule has 0 saturated heterocycles. The lowest BCUT2D eigenvalue weighted by molar-refractivity contribution is 0.495. The molecule has 0 amide bonds. The fraction of sp³-hybridized carbons (Fsp3) is 0.571. The molecule has 82 valence electrons. The van der Waals surface area contributed by atoms with Gasteiger partial charge in [0, 0.05) is 11.3 Å². The zero-order valence-corrected chi connectivity index (χ0v) is 10.4. The van der Waals surface area contributed by atoms with Crippen molar-refractivity contribution >= 4 is 11.6 Å². The average molecular weight is 223 g/mol. The predicted octanol–water partition coefficient (Wildman–Crippen LogP) is 4.35. The van der Waals surface area contributed by atoms with Crippen LogP contribution in [0.2, 0.25) is 0 Å². The fourth-order valence-corrected chi connectivity index (χ4v) is 3.35. The van der Waals surface area contributed by atoms with E-state index < -0.39 is 0 Å². The Kier molecular flexibility index (Phi) is 3.06. The maximum absolute atomic E-state index is 6.21. The maximum atomic E-state index is 6.21. The monoisotopic (exact) mass is 222 g/mol. The van der Waals surface area contributed by atoms with Crippen molar-refractivity contribution in [1.82, 2.24) is 0 Å². The van der Waals surface area contributed by atoms with E-state index in [0.717, 1.165) is 5.88 Å². The summed E-state index contributed by atoms with van der Waals surface area (Å²) in [5.41, 5.74) is 4.52. The first kappa shape index (κ1) is 11.0. The normalized spacial score (nSPS) is 19.4. The molecular formula is C14H19Cl. The molecule has 1 aromatic carbocycles. The van der Waals surface area contributed by atoms with Gasteiger partial charge < -0.3 is 0 Å². The average Bonchev–Trinajstić information content (AvgIpc) is 2.67. The number of aryl methyl sites for hydroxylation is 2. The molecule has 0 aliphatic heterocycles. The molecule has 0 radical (unpaired) electrons. The molecule has 0 N–H and O–H groups in total. The van der Waals surface area contributed by atoms with E-state index in [4.69, 9.17) is 11.6 Å². The molecule has 0 bridgehead atoms. The van der Waals surface area contributed by atoms with Gasteiger partial charge in [-0.1, -0.05) is 36.6 Å². The van der Waals surface area contributed by atoms with E-state index in [2.05, 4.69) is 32.0 Å². The van der Waals surface area contributed by atoms with Gasteiger partial charge in [0.2, 0.25) is 0 Å². The van der Waals surface area contributed by atoms with Gasteiger partial charge in [-0.05, 0) is 37.8 Å². The number of halogens is 1. The van der Waals surface area contributed by atoms with Crippen molar-refractivity contribution in [3.63, 3.8) is 0 Å². The van der Waals surface area contributed by atoms with E-state index in [1.165, 1.54) is 42.4 Å². The van der Waals surface area contributed by atoms with E-state index in [9.17, 15) is 0 Å². The Morgan fingerprint density at radius 1 is 1.20 bits per heavy atom. The smallest absolute Gasteiger partial charge is 0.0320 e. The third-order valence-corrected chi connectivity index (χ3v) is 4.28. The largest absolute Gasteiger partial charge is 0.126 e. The summed E-state index contributed by atoms with van der Waals surface area (Å²) in [4.78, 5) is 0. The SMILES string of the molecule is Cc1ccc(C2(CCl)CCCC2)c(C)c1. The van der Waals surface area contributed by atoms with Crippen LogP contribution in [0.5, 0.6) is 0 Å². The third kappa shape index (κ3) is 1.92. The van der Waals surface area contributed by atoms with Gasteiger partial charge in [0.15, 0.2) is 0 Å². The highest BCUT2D eigenvalue weighted by atomic mass is 35.5. The van der Waals surface area contributed by atoms with Gasteiger partial charge in [-0.25, -0.2) is 0 Å². The number of alkyl halides is 1. The van der Waals surface area contributed by atoms with Gasteiger partial charge in [0.05, 0.1) is 0 Å². The van der Waals surface area contributed by atoms with Crippen molar-refractivity contribution < 1.29 is 0 Å². The fourth-order valence-electron chi connectivity index (χ4n) is 2.94. The minimum Gasteiger partial charge on any atom is -0.126 e. The molecule has 0 nitrogen and oxygen atoms in total. The molecule has 1 saturated carbocycles. The lowest BCUT2D eigenvalue weighted by Gasteiger charge is -2.29. The summed E-state index contributed by atoms with van der Waals surface area (Å²) in [6.07, 6.45) is 5.20. The second kappa shape index (κ2) is 4.17. The molecule has 1 fully saturated rings. The first-order valence-electron chi connectivity index (χ1n) is 5.82. The second-order valence-electron chi connectivity index (χ2n) is 4.94. The molecule has 1 aliphatic rings. The lowest BCUT2D eigenvalue weighted by Crippen LogP contribution is -2.25. The van der Waals surface area contributed by atoms with E-state index in [-0.39, 0.29) is 5.41 Å². The Balaban J connectivity index is 2.42. The van der Waals surface area contributed by atoms with Crippen molar-refractivity contribution in [2.45, 2.75) is 44.9 Å². The molecule has 1 heteroatoms. The molecule has 0 unspecified atom stereocenters. The summed E-state index contributed by atoms with van der Waals surface area (Å²) in [7, 11) is 0. The van der Waals surface area contributed by atoms with Crippen molar-refractivity contribution in [3.05, 3.63) is 34.9 Å². The Morgan fingerprint density at radius 2 is 1.87 bits per heavy atom. The van der Waals surface area contributed by atoms with Gasteiger partial charge >= 0.3 is 0 Å². The highest BCUT2D eigenvalue weighted by Gasteiger charge is 2.35. The first-order chi connectivity index (χ1) is 7.18. The van der Waals surface area contributed by atoms with Crippen molar-refractivity contribution in [3.8, 4) is 0 Å². The van der Waals surface area contributed by atoms with Gasteiger partial charge in [0.25, 0.3) is 0 Å². The van der Waals surface area contributed by atoms with Crippen LogP contribution in [-0.4, -0.2) is 5.88 Å². The first-order valence-corrected chi connectivity index (χ1v) is 6.35. The topological polar surface area (TPSA) is 0 Å². The number of hydrogen-bond donors (Lipinski definition) is 0. The number of rotatable bonds is 2. The third-order valence-electron chi connectivity index (χ3n) is 3.77. The molecule has 1 aliphatic carbocycles. The Labute approximate surface area is 97.6 Å². The summed E-state index contributed by atoms with van der Waals surface area (Å²) in [5, 5.41) is 0. The van der Waals surface area contributed by atoms with Crippen LogP contribution in [0, 0.1) is 13.8 Å². The van der Waals surface area contributed by atoms with Crippen LogP contribution in [0.3, 0.4) is 0 Å². The molecule has 0 aromatic heterocycles. The number of benzene rings is 1. The Hall–Kier alpha value is -0.490. The molecule has 0 heterocycles. The molecular weight excluding hydrogens is 204 g/mol. The highest BCUT2D eigenvalue weighted by molar-refractivity contribution is 6.18. The molecule has 1 aromatic rings. The Morgan fingerprint density at radius 3 is 2.40 bits per heavy atom. The maximum Gasteiger partial charge on any atom is 0.0320 e. The van der Waals surface area contributed by atoms with Crippen LogP contribution >= 0.6 is 11.6 Å². The molecule has 0 atom stereocenters. The van der Waals surface area contributed by atoms with Crippen LogP contribution < -0.4 is 0 Å². The van der Waals surface area contributed by atoms with Crippen LogP contribution in [0.4, 0.5) is 0 Å². The highest BCUT2D eigenvalue weighted by Crippen LogP contribution is 2.43. The van der Waals surface area contributed by atoms with E-state index >= 15 is 0 Å². The zero-order chi connectivity index (χ0) is 10.9. The molecule has 0 spiro atoms. The predicted molar refractivity (Wildman–Crippen MR) is 66.8 cm³/mol. The van der Waals surface area contributed by atoms with E-state index in [0.29, 0.717) is 0 Å². The van der Waals surface area contributed by atoms with Crippen LogP contribution in [0.25, 0.3) is 0 Å². The summed E-state index contributed by atoms with van der Waals surface area (Å²) in [6, 6.07) is 6.79. The van der Waals surface area contributed by atoms with E-state index in [1.54, 1.807) is 0 Å². The van der Waals surface area contributed by atoms with Crippen molar-refractivity contribution in [2.24, 2.45) is 0 Å².